The summed E-state index contributed by atoms with van der Waals surface area (Å²) in [6.07, 6.45) is 3.18. The molecule has 4 nitrogen and oxygen atoms in total. The zero-order valence-electron chi connectivity index (χ0n) is 14.0. The standard InChI is InChI=1S/C19H16ClN3OS2/c1-23-15(11-14(22-23)16-7-4-10-25-16)17-8-9-18(26-17)19(24)21-13-6-3-2-5-12(13)20/h2-6,8-11,16H,7H2,1H3,(H,21,24). The van der Waals surface area contributed by atoms with E-state index in [2.05, 4.69) is 28.0 Å². The second-order valence-corrected chi connectivity index (χ2v) is 8.51. The van der Waals surface area contributed by atoms with E-state index in [0.717, 1.165) is 22.7 Å². The molecule has 1 N–H and O–H groups in total. The first kappa shape index (κ1) is 17.4. The van der Waals surface area contributed by atoms with E-state index >= 15 is 0 Å². The lowest BCUT2D eigenvalue weighted by Crippen LogP contribution is -2.10. The highest BCUT2D eigenvalue weighted by Gasteiger charge is 2.20. The Balaban J connectivity index is 1.54. The summed E-state index contributed by atoms with van der Waals surface area (Å²) in [5.74, 6) is -0.160. The summed E-state index contributed by atoms with van der Waals surface area (Å²) in [7, 11) is 1.94. The van der Waals surface area contributed by atoms with Crippen LogP contribution in [0.1, 0.15) is 27.0 Å². The maximum atomic E-state index is 12.5. The van der Waals surface area contributed by atoms with Crippen molar-refractivity contribution in [3.05, 3.63) is 69.5 Å². The minimum atomic E-state index is -0.160. The van der Waals surface area contributed by atoms with Gasteiger partial charge in [-0.2, -0.15) is 5.10 Å². The van der Waals surface area contributed by atoms with Crippen molar-refractivity contribution in [1.29, 1.82) is 0 Å². The number of rotatable bonds is 4. The van der Waals surface area contributed by atoms with Gasteiger partial charge in [0.05, 0.1) is 37.1 Å². The van der Waals surface area contributed by atoms with Crippen molar-refractivity contribution in [3.63, 3.8) is 0 Å². The van der Waals surface area contributed by atoms with Gasteiger partial charge in [-0.1, -0.05) is 29.8 Å². The van der Waals surface area contributed by atoms with Gasteiger partial charge in [-0.3, -0.25) is 9.48 Å². The number of hydrogen-bond donors (Lipinski definition) is 1. The first-order valence-corrected chi connectivity index (χ1v) is 10.3. The summed E-state index contributed by atoms with van der Waals surface area (Å²) in [5, 5.41) is 10.5. The summed E-state index contributed by atoms with van der Waals surface area (Å²) >= 11 is 9.36. The number of nitrogens with one attached hydrogen (secondary N) is 1. The van der Waals surface area contributed by atoms with E-state index in [4.69, 9.17) is 11.6 Å². The van der Waals surface area contributed by atoms with Crippen LogP contribution >= 0.6 is 34.7 Å². The molecule has 0 saturated carbocycles. The molecule has 26 heavy (non-hydrogen) atoms. The molecule has 0 radical (unpaired) electrons. The van der Waals surface area contributed by atoms with Crippen LogP contribution in [-0.2, 0) is 7.05 Å². The molecular weight excluding hydrogens is 386 g/mol. The number of aryl methyl sites for hydroxylation is 1. The number of carbonyl (C=O) groups is 1. The number of thiophene rings is 1. The predicted molar refractivity (Wildman–Crippen MR) is 110 cm³/mol. The molecule has 1 amide bonds. The summed E-state index contributed by atoms with van der Waals surface area (Å²) in [6.45, 7) is 0. The van der Waals surface area contributed by atoms with Crippen LogP contribution in [-0.4, -0.2) is 15.7 Å². The van der Waals surface area contributed by atoms with Gasteiger partial charge in [0.1, 0.15) is 0 Å². The molecule has 0 bridgehead atoms. The monoisotopic (exact) mass is 401 g/mol. The fourth-order valence-corrected chi connectivity index (χ4v) is 4.82. The maximum absolute atomic E-state index is 12.5. The molecular formula is C19H16ClN3OS2. The third-order valence-corrected chi connectivity index (χ3v) is 6.67. The molecule has 1 atom stereocenters. The lowest BCUT2D eigenvalue weighted by atomic mass is 10.2. The van der Waals surface area contributed by atoms with E-state index in [1.54, 1.807) is 23.9 Å². The molecule has 1 unspecified atom stereocenters. The van der Waals surface area contributed by atoms with Crippen LogP contribution in [0.25, 0.3) is 10.6 Å². The second-order valence-electron chi connectivity index (χ2n) is 5.91. The van der Waals surface area contributed by atoms with E-state index in [1.165, 1.54) is 11.3 Å². The van der Waals surface area contributed by atoms with Crippen LogP contribution in [0.4, 0.5) is 5.69 Å². The normalized spacial score (nSPS) is 16.2. The average Bonchev–Trinajstić information content (AvgIpc) is 3.36. The molecule has 0 spiro atoms. The highest BCUT2D eigenvalue weighted by molar-refractivity contribution is 8.02. The fraction of sp³-hybridized carbons (Fsp3) is 0.158. The maximum Gasteiger partial charge on any atom is 0.265 e. The van der Waals surface area contributed by atoms with Crippen molar-refractivity contribution in [3.8, 4) is 10.6 Å². The Kier molecular flexibility index (Phi) is 4.89. The number of nitrogens with zero attached hydrogens (tertiary/aromatic N) is 2. The molecule has 132 valence electrons. The van der Waals surface area contributed by atoms with Gasteiger partial charge in [-0.05, 0) is 42.2 Å². The SMILES string of the molecule is Cn1nc(C2CC=CS2)cc1-c1ccc(C(=O)Nc2ccccc2Cl)s1. The Labute approximate surface area is 164 Å². The van der Waals surface area contributed by atoms with Crippen LogP contribution in [0.15, 0.2) is 53.9 Å². The highest BCUT2D eigenvalue weighted by Crippen LogP contribution is 2.39. The van der Waals surface area contributed by atoms with Crippen LogP contribution < -0.4 is 5.32 Å². The summed E-state index contributed by atoms with van der Waals surface area (Å²) < 4.78 is 1.88. The minimum Gasteiger partial charge on any atom is -0.320 e. The Morgan fingerprint density at radius 3 is 2.92 bits per heavy atom. The Morgan fingerprint density at radius 1 is 1.31 bits per heavy atom. The third kappa shape index (κ3) is 3.45. The molecule has 3 heterocycles. The number of thioether (sulfide) groups is 1. The smallest absolute Gasteiger partial charge is 0.265 e. The molecule has 0 saturated heterocycles. The fourth-order valence-electron chi connectivity index (χ4n) is 2.80. The van der Waals surface area contributed by atoms with E-state index < -0.39 is 0 Å². The van der Waals surface area contributed by atoms with Crippen molar-refractivity contribution in [2.75, 3.05) is 5.32 Å². The quantitative estimate of drug-likeness (QED) is 0.605. The summed E-state index contributed by atoms with van der Waals surface area (Å²) in [5.41, 5.74) is 2.71. The number of benzene rings is 1. The molecule has 7 heteroatoms. The van der Waals surface area contributed by atoms with Crippen LogP contribution in [0.2, 0.25) is 5.02 Å². The van der Waals surface area contributed by atoms with Crippen molar-refractivity contribution in [2.45, 2.75) is 11.7 Å². The number of anilines is 1. The molecule has 0 aliphatic carbocycles. The van der Waals surface area contributed by atoms with Gasteiger partial charge in [0.25, 0.3) is 5.91 Å². The zero-order valence-corrected chi connectivity index (χ0v) is 16.4. The molecule has 3 aromatic rings. The Hall–Kier alpha value is -2.02. The van der Waals surface area contributed by atoms with Crippen molar-refractivity contribution in [1.82, 2.24) is 9.78 Å². The number of carbonyl (C=O) groups excluding carboxylic acids is 1. The number of hydrogen-bond acceptors (Lipinski definition) is 4. The van der Waals surface area contributed by atoms with Crippen LogP contribution in [0, 0.1) is 0 Å². The number of aromatic nitrogens is 2. The largest absolute Gasteiger partial charge is 0.320 e. The van der Waals surface area contributed by atoms with Crippen molar-refractivity contribution in [2.24, 2.45) is 7.05 Å². The topological polar surface area (TPSA) is 46.9 Å². The minimum absolute atomic E-state index is 0.160. The van der Waals surface area contributed by atoms with Crippen molar-refractivity contribution >= 4 is 46.3 Å². The van der Waals surface area contributed by atoms with E-state index in [0.29, 0.717) is 20.8 Å². The molecule has 2 aromatic heterocycles. The molecule has 4 rings (SSSR count). The van der Waals surface area contributed by atoms with Gasteiger partial charge in [0.2, 0.25) is 0 Å². The zero-order chi connectivity index (χ0) is 18.1. The predicted octanol–water partition coefficient (Wildman–Crippen LogP) is 5.75. The lowest BCUT2D eigenvalue weighted by molar-refractivity contribution is 0.103. The van der Waals surface area contributed by atoms with Gasteiger partial charge in [-0.25, -0.2) is 0 Å². The van der Waals surface area contributed by atoms with Crippen molar-refractivity contribution < 1.29 is 4.79 Å². The number of amides is 1. The third-order valence-electron chi connectivity index (χ3n) is 4.12. The highest BCUT2D eigenvalue weighted by atomic mass is 35.5. The first-order chi connectivity index (χ1) is 12.6. The van der Waals surface area contributed by atoms with Gasteiger partial charge < -0.3 is 5.32 Å². The Morgan fingerprint density at radius 2 is 2.15 bits per heavy atom. The lowest BCUT2D eigenvalue weighted by Gasteiger charge is -2.05. The van der Waals surface area contributed by atoms with Crippen LogP contribution in [0.5, 0.6) is 0 Å². The second kappa shape index (κ2) is 7.31. The van der Waals surface area contributed by atoms with Gasteiger partial charge in [0.15, 0.2) is 0 Å². The molecule has 0 fully saturated rings. The first-order valence-electron chi connectivity index (χ1n) is 8.12. The molecule has 1 aliphatic heterocycles. The summed E-state index contributed by atoms with van der Waals surface area (Å²) in [6, 6.07) is 13.1. The van der Waals surface area contributed by atoms with Gasteiger partial charge in [0, 0.05) is 7.05 Å². The van der Waals surface area contributed by atoms with Crippen LogP contribution in [0.3, 0.4) is 0 Å². The number of para-hydroxylation sites is 1. The molecule has 1 aromatic carbocycles. The van der Waals surface area contributed by atoms with Gasteiger partial charge >= 0.3 is 0 Å². The summed E-state index contributed by atoms with van der Waals surface area (Å²) in [4.78, 5) is 14.2. The molecule has 1 aliphatic rings. The van der Waals surface area contributed by atoms with Gasteiger partial charge in [-0.15, -0.1) is 23.1 Å². The van der Waals surface area contributed by atoms with E-state index in [-0.39, 0.29) is 5.91 Å². The Bertz CT molecular complexity index is 984. The van der Waals surface area contributed by atoms with E-state index in [9.17, 15) is 4.79 Å². The average molecular weight is 402 g/mol. The number of allylic oxidation sites excluding steroid dienone is 1. The number of halogens is 1. The van der Waals surface area contributed by atoms with E-state index in [1.807, 2.05) is 36.0 Å².